The molecule has 2 aromatic heterocycles. The summed E-state index contributed by atoms with van der Waals surface area (Å²) < 4.78 is 0. The molecule has 0 amide bonds. The summed E-state index contributed by atoms with van der Waals surface area (Å²) in [5, 5.41) is 10.5. The van der Waals surface area contributed by atoms with E-state index in [1.165, 1.54) is 17.4 Å². The molecule has 6 heteroatoms. The maximum atomic E-state index is 9.82. The lowest BCUT2D eigenvalue weighted by atomic mass is 10.2. The number of hydrogen-bond donors (Lipinski definition) is 2. The monoisotopic (exact) mass is 244 g/mol. The van der Waals surface area contributed by atoms with Crippen molar-refractivity contribution in [1.82, 2.24) is 15.0 Å². The summed E-state index contributed by atoms with van der Waals surface area (Å²) in [4.78, 5) is 13.3. The first-order valence-electron chi connectivity index (χ1n) is 4.90. The van der Waals surface area contributed by atoms with E-state index in [0.717, 1.165) is 4.83 Å². The molecule has 3 N–H and O–H groups in total. The van der Waals surface area contributed by atoms with Crippen molar-refractivity contribution in [1.29, 1.82) is 0 Å². The highest BCUT2D eigenvalue weighted by atomic mass is 32.1. The van der Waals surface area contributed by atoms with Crippen LogP contribution < -0.4 is 5.73 Å². The molecule has 1 aromatic carbocycles. The molecule has 0 bridgehead atoms. The zero-order chi connectivity index (χ0) is 11.8. The smallest absolute Gasteiger partial charge is 0.190 e. The van der Waals surface area contributed by atoms with Crippen molar-refractivity contribution in [2.75, 3.05) is 5.73 Å². The minimum absolute atomic E-state index is 0.115. The van der Waals surface area contributed by atoms with Crippen LogP contribution in [0.3, 0.4) is 0 Å². The summed E-state index contributed by atoms with van der Waals surface area (Å²) in [7, 11) is 0. The number of phenolic OH excluding ortho intramolecular Hbond substituents is 1. The summed E-state index contributed by atoms with van der Waals surface area (Å²) in [6, 6.07) is 4.96. The fraction of sp³-hybridized carbons (Fsp3) is 0. The first-order valence-corrected chi connectivity index (χ1v) is 5.72. The molecule has 5 nitrogen and oxygen atoms in total. The van der Waals surface area contributed by atoms with Gasteiger partial charge < -0.3 is 10.8 Å². The predicted molar refractivity (Wildman–Crippen MR) is 66.7 cm³/mol. The Balaban J connectivity index is 2.20. The van der Waals surface area contributed by atoms with Crippen molar-refractivity contribution in [3.63, 3.8) is 0 Å². The average Bonchev–Trinajstić information content (AvgIpc) is 2.72. The van der Waals surface area contributed by atoms with E-state index >= 15 is 0 Å². The van der Waals surface area contributed by atoms with Crippen molar-refractivity contribution in [2.24, 2.45) is 0 Å². The molecule has 0 atom stereocenters. The highest BCUT2D eigenvalue weighted by Gasteiger charge is 2.11. The normalized spacial score (nSPS) is 10.8. The third-order valence-electron chi connectivity index (χ3n) is 2.30. The number of nitrogens with zero attached hydrogens (tertiary/aromatic N) is 3. The van der Waals surface area contributed by atoms with Crippen LogP contribution in [0.4, 0.5) is 5.69 Å². The topological polar surface area (TPSA) is 84.9 Å². The number of fused-ring (bicyclic) bond motifs is 1. The van der Waals surface area contributed by atoms with E-state index in [1.807, 2.05) is 0 Å². The van der Waals surface area contributed by atoms with E-state index in [4.69, 9.17) is 5.73 Å². The van der Waals surface area contributed by atoms with E-state index in [9.17, 15) is 5.11 Å². The van der Waals surface area contributed by atoms with Crippen molar-refractivity contribution in [3.05, 3.63) is 30.6 Å². The van der Waals surface area contributed by atoms with Gasteiger partial charge in [0.1, 0.15) is 10.8 Å². The molecular weight excluding hydrogens is 236 g/mol. The van der Waals surface area contributed by atoms with Gasteiger partial charge in [0, 0.05) is 24.1 Å². The number of benzene rings is 1. The number of nitrogen functional groups attached to an aromatic ring is 1. The van der Waals surface area contributed by atoms with Gasteiger partial charge in [-0.15, -0.1) is 0 Å². The molecular formula is C11H8N4OS. The minimum atomic E-state index is 0.115. The lowest BCUT2D eigenvalue weighted by Crippen LogP contribution is -1.85. The van der Waals surface area contributed by atoms with Crippen molar-refractivity contribution < 1.29 is 5.11 Å². The summed E-state index contributed by atoms with van der Waals surface area (Å²) in [5.74, 6) is 0.115. The second-order valence-electron chi connectivity index (χ2n) is 3.48. The van der Waals surface area contributed by atoms with Gasteiger partial charge >= 0.3 is 0 Å². The number of thiazole rings is 1. The highest BCUT2D eigenvalue weighted by Crippen LogP contribution is 2.34. The molecule has 0 saturated carbocycles. The molecule has 0 fully saturated rings. The molecule has 3 aromatic rings. The van der Waals surface area contributed by atoms with Crippen LogP contribution in [0.25, 0.3) is 21.0 Å². The van der Waals surface area contributed by atoms with Gasteiger partial charge in [-0.3, -0.25) is 0 Å². The third-order valence-corrected chi connectivity index (χ3v) is 3.29. The highest BCUT2D eigenvalue weighted by molar-refractivity contribution is 7.21. The van der Waals surface area contributed by atoms with Gasteiger partial charge in [-0.2, -0.15) is 0 Å². The number of anilines is 1. The SMILES string of the molecule is Nc1ccc(-c2nc3nccnc3s2)c(O)c1. The first kappa shape index (κ1) is 9.98. The van der Waals surface area contributed by atoms with Gasteiger partial charge in [0.25, 0.3) is 0 Å². The molecule has 0 radical (unpaired) electrons. The number of nitrogens with two attached hydrogens (primary N) is 1. The summed E-state index contributed by atoms with van der Waals surface area (Å²) in [6.07, 6.45) is 3.21. The second kappa shape index (κ2) is 3.67. The van der Waals surface area contributed by atoms with Crippen molar-refractivity contribution in [2.45, 2.75) is 0 Å². The molecule has 0 aliphatic rings. The van der Waals surface area contributed by atoms with Crippen molar-refractivity contribution >= 4 is 27.5 Å². The second-order valence-corrected chi connectivity index (χ2v) is 4.46. The maximum absolute atomic E-state index is 9.82. The van der Waals surface area contributed by atoms with E-state index in [2.05, 4.69) is 15.0 Å². The van der Waals surface area contributed by atoms with Gasteiger partial charge in [0.2, 0.25) is 0 Å². The van der Waals surface area contributed by atoms with Crippen LogP contribution in [0.15, 0.2) is 30.6 Å². The van der Waals surface area contributed by atoms with Gasteiger partial charge in [-0.25, -0.2) is 15.0 Å². The van der Waals surface area contributed by atoms with Crippen LogP contribution in [-0.4, -0.2) is 20.1 Å². The molecule has 17 heavy (non-hydrogen) atoms. The molecule has 0 spiro atoms. The van der Waals surface area contributed by atoms with Crippen molar-refractivity contribution in [3.8, 4) is 16.3 Å². The third kappa shape index (κ3) is 1.68. The number of aromatic nitrogens is 3. The fourth-order valence-corrected chi connectivity index (χ4v) is 2.42. The quantitative estimate of drug-likeness (QED) is 0.640. The molecule has 0 aliphatic heterocycles. The zero-order valence-corrected chi connectivity index (χ0v) is 9.48. The van der Waals surface area contributed by atoms with Crippen LogP contribution in [0.2, 0.25) is 0 Å². The standard InChI is InChI=1S/C11H8N4OS/c12-6-1-2-7(8(16)5-6)10-15-9-11(17-10)14-4-3-13-9/h1-5,16H,12H2. The number of rotatable bonds is 1. The summed E-state index contributed by atoms with van der Waals surface area (Å²) >= 11 is 1.38. The minimum Gasteiger partial charge on any atom is -0.507 e. The average molecular weight is 244 g/mol. The Hall–Kier alpha value is -2.21. The van der Waals surface area contributed by atoms with Gasteiger partial charge in [-0.1, -0.05) is 11.3 Å². The van der Waals surface area contributed by atoms with Crippen LogP contribution in [-0.2, 0) is 0 Å². The van der Waals surface area contributed by atoms with Crippen LogP contribution >= 0.6 is 11.3 Å². The van der Waals surface area contributed by atoms with E-state index < -0.39 is 0 Å². The fourth-order valence-electron chi connectivity index (χ4n) is 1.52. The molecule has 84 valence electrons. The van der Waals surface area contributed by atoms with E-state index in [1.54, 1.807) is 24.5 Å². The molecule has 0 saturated heterocycles. The number of aromatic hydroxyl groups is 1. The van der Waals surface area contributed by atoms with Crippen LogP contribution in [0.1, 0.15) is 0 Å². The Morgan fingerprint density at radius 1 is 1.18 bits per heavy atom. The predicted octanol–water partition coefficient (Wildman–Crippen LogP) is 2.04. The lowest BCUT2D eigenvalue weighted by Gasteiger charge is -2.00. The Morgan fingerprint density at radius 2 is 2.00 bits per heavy atom. The first-order chi connectivity index (χ1) is 8.24. The summed E-state index contributed by atoms with van der Waals surface area (Å²) in [5.41, 5.74) is 7.33. The largest absolute Gasteiger partial charge is 0.507 e. The van der Waals surface area contributed by atoms with E-state index in [-0.39, 0.29) is 5.75 Å². The van der Waals surface area contributed by atoms with Gasteiger partial charge in [0.05, 0.1) is 5.56 Å². The Bertz CT molecular complexity index is 662. The Labute approximate surface area is 101 Å². The molecule has 0 unspecified atom stereocenters. The van der Waals surface area contributed by atoms with E-state index in [0.29, 0.717) is 21.9 Å². The molecule has 2 heterocycles. The maximum Gasteiger partial charge on any atom is 0.190 e. The zero-order valence-electron chi connectivity index (χ0n) is 8.66. The Morgan fingerprint density at radius 3 is 2.76 bits per heavy atom. The van der Waals surface area contributed by atoms with Crippen LogP contribution in [0.5, 0.6) is 5.75 Å². The van der Waals surface area contributed by atoms with Gasteiger partial charge in [0.15, 0.2) is 10.5 Å². The molecule has 3 rings (SSSR count). The Kier molecular flexibility index (Phi) is 2.15. The lowest BCUT2D eigenvalue weighted by molar-refractivity contribution is 0.477. The van der Waals surface area contributed by atoms with Crippen LogP contribution in [0, 0.1) is 0 Å². The summed E-state index contributed by atoms with van der Waals surface area (Å²) in [6.45, 7) is 0. The number of phenols is 1. The number of hydrogen-bond acceptors (Lipinski definition) is 6. The molecule has 0 aliphatic carbocycles. The van der Waals surface area contributed by atoms with Gasteiger partial charge in [-0.05, 0) is 12.1 Å².